The van der Waals surface area contributed by atoms with Crippen LogP contribution in [0.5, 0.6) is 0 Å². The second kappa shape index (κ2) is 12.4. The summed E-state index contributed by atoms with van der Waals surface area (Å²) >= 11 is 0. The zero-order valence-corrected chi connectivity index (χ0v) is 20.4. The van der Waals surface area contributed by atoms with E-state index in [1.165, 1.54) is 19.2 Å². The maximum atomic E-state index is 12.5. The molecule has 6 atom stereocenters. The van der Waals surface area contributed by atoms with E-state index in [1.807, 2.05) is 0 Å². The molecule has 0 saturated carbocycles. The molecule has 1 aliphatic rings. The summed E-state index contributed by atoms with van der Waals surface area (Å²) in [7, 11) is 0. The smallest absolute Gasteiger partial charge is 0.413 e. The molecular weight excluding hydrogens is 502 g/mol. The topological polar surface area (TPSA) is 215 Å². The molecule has 3 rings (SSSR count). The van der Waals surface area contributed by atoms with Gasteiger partial charge in [0, 0.05) is 11.8 Å². The number of nitrogens with two attached hydrogens (primary N) is 1. The Balaban J connectivity index is 1.59. The number of amides is 2. The van der Waals surface area contributed by atoms with Gasteiger partial charge in [0.05, 0.1) is 12.6 Å². The number of rotatable bonds is 10. The minimum atomic E-state index is -1.60. The fraction of sp³-hybridized carbons (Fsp3) is 0.375. The summed E-state index contributed by atoms with van der Waals surface area (Å²) in [5, 5.41) is 33.3. The Morgan fingerprint density at radius 2 is 1.95 bits per heavy atom. The summed E-state index contributed by atoms with van der Waals surface area (Å²) in [4.78, 5) is 52.7. The van der Waals surface area contributed by atoms with Crippen LogP contribution in [-0.2, 0) is 25.5 Å². The van der Waals surface area contributed by atoms with Crippen LogP contribution in [-0.4, -0.2) is 79.8 Å². The summed E-state index contributed by atoms with van der Waals surface area (Å²) in [6.45, 7) is 4.45. The number of nitrogens with one attached hydrogen (secondary N) is 2. The first-order valence-corrected chi connectivity index (χ1v) is 11.5. The average Bonchev–Trinajstić information content (AvgIpc) is 3.15. The monoisotopic (exact) mass is 531 g/mol. The number of aliphatic hydroxyl groups excluding tert-OH is 2. The van der Waals surface area contributed by atoms with Crippen LogP contribution >= 0.6 is 0 Å². The van der Waals surface area contributed by atoms with Crippen molar-refractivity contribution in [1.29, 1.82) is 0 Å². The van der Waals surface area contributed by atoms with E-state index >= 15 is 0 Å². The molecule has 0 spiro atoms. The molecule has 0 aliphatic carbocycles. The van der Waals surface area contributed by atoms with Gasteiger partial charge in [0.1, 0.15) is 24.1 Å². The second-order valence-electron chi connectivity index (χ2n) is 8.59. The number of hydrogen-bond acceptors (Lipinski definition) is 10. The lowest BCUT2D eigenvalue weighted by Crippen LogP contribution is -2.54. The normalized spacial score (nSPS) is 21.3. The van der Waals surface area contributed by atoms with E-state index in [2.05, 4.69) is 22.2 Å². The van der Waals surface area contributed by atoms with E-state index in [1.54, 1.807) is 30.3 Å². The van der Waals surface area contributed by atoms with Gasteiger partial charge < -0.3 is 35.8 Å². The van der Waals surface area contributed by atoms with Crippen molar-refractivity contribution >= 4 is 23.8 Å². The summed E-state index contributed by atoms with van der Waals surface area (Å²) in [6.07, 6.45) is -4.26. The van der Waals surface area contributed by atoms with Crippen LogP contribution < -0.4 is 22.1 Å². The molecule has 2 amide bonds. The number of anilines is 1. The number of aromatic nitrogens is 2. The quantitative estimate of drug-likeness (QED) is 0.207. The third kappa shape index (κ3) is 6.80. The molecular formula is C24H29N5O9. The van der Waals surface area contributed by atoms with Crippen LogP contribution in [0, 0.1) is 0 Å². The number of carbonyl (C=O) groups excluding carboxylic acids is 2. The molecule has 7 N–H and O–H groups in total. The first kappa shape index (κ1) is 28.5. The van der Waals surface area contributed by atoms with Crippen LogP contribution in [0.4, 0.5) is 10.6 Å². The predicted octanol–water partition coefficient (Wildman–Crippen LogP) is -0.873. The van der Waals surface area contributed by atoms with Crippen molar-refractivity contribution in [2.45, 2.75) is 50.0 Å². The van der Waals surface area contributed by atoms with E-state index in [0.29, 0.717) is 0 Å². The Morgan fingerprint density at radius 3 is 2.53 bits per heavy atom. The highest BCUT2D eigenvalue weighted by atomic mass is 16.6. The number of carbonyl (C=O) groups is 3. The lowest BCUT2D eigenvalue weighted by atomic mass is 10.1. The van der Waals surface area contributed by atoms with Crippen LogP contribution in [0.2, 0.25) is 0 Å². The molecule has 204 valence electrons. The van der Waals surface area contributed by atoms with Crippen molar-refractivity contribution in [3.63, 3.8) is 0 Å². The molecule has 1 aliphatic heterocycles. The molecule has 38 heavy (non-hydrogen) atoms. The van der Waals surface area contributed by atoms with Gasteiger partial charge in [-0.15, -0.1) is 0 Å². The zero-order valence-electron chi connectivity index (χ0n) is 20.4. The summed E-state index contributed by atoms with van der Waals surface area (Å²) in [6, 6.07) is 7.51. The number of carboxylic acid groups (broad SMARTS) is 1. The summed E-state index contributed by atoms with van der Waals surface area (Å²) < 4.78 is 11.5. The average molecular weight is 532 g/mol. The molecule has 1 aromatic heterocycles. The Kier molecular flexibility index (Phi) is 9.30. The van der Waals surface area contributed by atoms with Crippen molar-refractivity contribution in [3.8, 4) is 0 Å². The molecule has 0 radical (unpaired) electrons. The van der Waals surface area contributed by atoms with Crippen LogP contribution in [0.3, 0.4) is 0 Å². The highest BCUT2D eigenvalue weighted by Crippen LogP contribution is 2.31. The highest BCUT2D eigenvalue weighted by molar-refractivity contribution is 5.88. The number of hydrogen-bond donors (Lipinski definition) is 6. The number of aliphatic hydroxyl groups is 2. The first-order valence-electron chi connectivity index (χ1n) is 11.5. The van der Waals surface area contributed by atoms with Crippen LogP contribution in [0.25, 0.3) is 0 Å². The molecule has 2 heterocycles. The number of benzene rings is 1. The molecule has 1 saturated heterocycles. The maximum Gasteiger partial charge on any atom is 0.413 e. The van der Waals surface area contributed by atoms with Crippen molar-refractivity contribution in [3.05, 3.63) is 70.8 Å². The van der Waals surface area contributed by atoms with E-state index in [0.717, 1.165) is 10.1 Å². The predicted molar refractivity (Wildman–Crippen MR) is 132 cm³/mol. The molecule has 0 bridgehead atoms. The van der Waals surface area contributed by atoms with E-state index < -0.39 is 66.9 Å². The second-order valence-corrected chi connectivity index (χ2v) is 8.59. The minimum absolute atomic E-state index is 0.146. The Morgan fingerprint density at radius 1 is 1.26 bits per heavy atom. The van der Waals surface area contributed by atoms with Gasteiger partial charge in [0.25, 0.3) is 0 Å². The Bertz CT molecular complexity index is 1240. The molecule has 14 nitrogen and oxygen atoms in total. The molecule has 2 aromatic rings. The van der Waals surface area contributed by atoms with E-state index in [9.17, 15) is 34.5 Å². The van der Waals surface area contributed by atoms with Gasteiger partial charge >= 0.3 is 17.8 Å². The molecule has 14 heteroatoms. The zero-order chi connectivity index (χ0) is 28.0. The first-order chi connectivity index (χ1) is 18.0. The molecule has 1 fully saturated rings. The standard InChI is InChI=1S/C24H29N5O9/c1-12-19(31)16(11-30)38-21(12)29-9-8-17(26-23(29)35)27-24(36)37-13(2)18(22(33)34)28-20(32)15(25)10-14-6-4-3-5-7-14/h3-9,13,15-16,18-19,21,30-31H,1,10-11,25H2,2H3,(H,28,32)(H,33,34)(H,26,27,35,36)/t13-,15+,16+,18-,19-,21+/m0/s1. The van der Waals surface area contributed by atoms with Crippen molar-refractivity contribution in [2.24, 2.45) is 5.73 Å². The summed E-state index contributed by atoms with van der Waals surface area (Å²) in [5.74, 6) is -2.41. The van der Waals surface area contributed by atoms with Crippen molar-refractivity contribution < 1.29 is 39.2 Å². The highest BCUT2D eigenvalue weighted by Gasteiger charge is 2.38. The minimum Gasteiger partial charge on any atom is -0.480 e. The third-order valence-electron chi connectivity index (χ3n) is 5.81. The summed E-state index contributed by atoms with van der Waals surface area (Å²) in [5.41, 5.74) is 5.97. The van der Waals surface area contributed by atoms with Gasteiger partial charge in [-0.05, 0) is 25.0 Å². The van der Waals surface area contributed by atoms with Gasteiger partial charge in [-0.1, -0.05) is 36.9 Å². The largest absolute Gasteiger partial charge is 0.480 e. The number of ether oxygens (including phenoxy) is 2. The number of carboxylic acids is 1. The lowest BCUT2D eigenvalue weighted by molar-refractivity contribution is -0.144. The van der Waals surface area contributed by atoms with Gasteiger partial charge in [-0.3, -0.25) is 14.7 Å². The van der Waals surface area contributed by atoms with Crippen molar-refractivity contribution in [1.82, 2.24) is 14.9 Å². The van der Waals surface area contributed by atoms with Gasteiger partial charge in [-0.2, -0.15) is 4.98 Å². The molecule has 0 unspecified atom stereocenters. The van der Waals surface area contributed by atoms with Crippen molar-refractivity contribution in [2.75, 3.05) is 11.9 Å². The van der Waals surface area contributed by atoms with Gasteiger partial charge in [0.2, 0.25) is 5.91 Å². The lowest BCUT2D eigenvalue weighted by Gasteiger charge is -2.23. The van der Waals surface area contributed by atoms with E-state index in [-0.39, 0.29) is 17.8 Å². The fourth-order valence-electron chi connectivity index (χ4n) is 3.73. The Hall–Kier alpha value is -4.11. The van der Waals surface area contributed by atoms with Crippen LogP contribution in [0.1, 0.15) is 18.7 Å². The van der Waals surface area contributed by atoms with E-state index in [4.69, 9.17) is 15.2 Å². The maximum absolute atomic E-state index is 12.5. The fourth-order valence-corrected chi connectivity index (χ4v) is 3.73. The number of nitrogens with zero attached hydrogens (tertiary/aromatic N) is 2. The SMILES string of the molecule is C=C1[C@H](n2ccc(NC(=O)O[C@@H](C)[C@H](NC(=O)[C@H](N)Cc3ccccc3)C(=O)O)nc2=O)O[C@H](CO)[C@H]1O. The molecule has 1 aromatic carbocycles. The Labute approximate surface area is 216 Å². The number of aliphatic carboxylic acids is 1. The van der Waals surface area contributed by atoms with Gasteiger partial charge in [-0.25, -0.2) is 14.4 Å². The third-order valence-corrected chi connectivity index (χ3v) is 5.81. The van der Waals surface area contributed by atoms with Crippen LogP contribution in [0.15, 0.2) is 59.5 Å². The van der Waals surface area contributed by atoms with Gasteiger partial charge in [0.15, 0.2) is 12.3 Å².